The molecule has 0 bridgehead atoms. The molecule has 154 valence electrons. The van der Waals surface area contributed by atoms with Gasteiger partial charge in [0.05, 0.1) is 0 Å². The van der Waals surface area contributed by atoms with Crippen LogP contribution < -0.4 is 0 Å². The van der Waals surface area contributed by atoms with Crippen molar-refractivity contribution >= 4 is 11.6 Å². The van der Waals surface area contributed by atoms with E-state index in [-0.39, 0.29) is 5.41 Å². The van der Waals surface area contributed by atoms with Crippen molar-refractivity contribution in [2.45, 2.75) is 137 Å². The van der Waals surface area contributed by atoms with Gasteiger partial charge in [-0.15, -0.1) is 0 Å². The number of hydrogen-bond acceptors (Lipinski definition) is 2. The Morgan fingerprint density at radius 1 is 0.577 bits per heavy atom. The van der Waals surface area contributed by atoms with Crippen LogP contribution in [0.5, 0.6) is 0 Å². The van der Waals surface area contributed by atoms with Crippen LogP contribution in [0.4, 0.5) is 0 Å². The molecule has 0 aliphatic rings. The zero-order valence-electron chi connectivity index (χ0n) is 18.3. The lowest BCUT2D eigenvalue weighted by Gasteiger charge is -2.22. The quantitative estimate of drug-likeness (QED) is 0.218. The minimum absolute atomic E-state index is 0.334. The summed E-state index contributed by atoms with van der Waals surface area (Å²) in [5, 5.41) is 0. The van der Waals surface area contributed by atoms with Gasteiger partial charge >= 0.3 is 0 Å². The summed E-state index contributed by atoms with van der Waals surface area (Å²) in [5.41, 5.74) is -0.334. The van der Waals surface area contributed by atoms with Crippen molar-refractivity contribution in [1.82, 2.24) is 0 Å². The van der Waals surface area contributed by atoms with Gasteiger partial charge in [0.2, 0.25) is 0 Å². The van der Waals surface area contributed by atoms with Gasteiger partial charge in [0.15, 0.2) is 0 Å². The monoisotopic (exact) mass is 366 g/mol. The van der Waals surface area contributed by atoms with E-state index in [0.717, 1.165) is 19.3 Å². The van der Waals surface area contributed by atoms with E-state index in [2.05, 4.69) is 13.8 Å². The summed E-state index contributed by atoms with van der Waals surface area (Å²) in [6, 6.07) is 0. The Balaban J connectivity index is 3.76. The van der Waals surface area contributed by atoms with E-state index in [9.17, 15) is 9.59 Å². The fourth-order valence-electron chi connectivity index (χ4n) is 3.40. The third-order valence-electron chi connectivity index (χ3n) is 5.60. The molecule has 0 aromatic rings. The topological polar surface area (TPSA) is 34.1 Å². The lowest BCUT2D eigenvalue weighted by atomic mass is 9.80. The lowest BCUT2D eigenvalue weighted by molar-refractivity contribution is -0.128. The third kappa shape index (κ3) is 14.5. The number of rotatable bonds is 19. The summed E-state index contributed by atoms with van der Waals surface area (Å²) in [6.07, 6.45) is 18.7. The molecule has 0 aromatic heterocycles. The van der Waals surface area contributed by atoms with Crippen LogP contribution in [0.25, 0.3) is 0 Å². The molecule has 0 spiro atoms. The predicted octanol–water partition coefficient (Wildman–Crippen LogP) is 7.82. The SMILES string of the molecule is CCCCCCCCCC(=O)C(C)(C)CCC(=O)CCCCCCCC. The van der Waals surface area contributed by atoms with Gasteiger partial charge in [-0.05, 0) is 19.3 Å². The molecule has 0 saturated heterocycles. The maximum Gasteiger partial charge on any atom is 0.138 e. The van der Waals surface area contributed by atoms with Crippen LogP contribution in [0.2, 0.25) is 0 Å². The average molecular weight is 367 g/mol. The number of carbonyl (C=O) groups is 2. The van der Waals surface area contributed by atoms with Gasteiger partial charge in [-0.1, -0.05) is 98.3 Å². The molecule has 0 rings (SSSR count). The van der Waals surface area contributed by atoms with Crippen molar-refractivity contribution in [3.05, 3.63) is 0 Å². The van der Waals surface area contributed by atoms with Crippen molar-refractivity contribution in [1.29, 1.82) is 0 Å². The summed E-state index contributed by atoms with van der Waals surface area (Å²) >= 11 is 0. The fraction of sp³-hybridized carbons (Fsp3) is 0.917. The highest BCUT2D eigenvalue weighted by atomic mass is 16.1. The Bertz CT molecular complexity index is 357. The minimum Gasteiger partial charge on any atom is -0.300 e. The van der Waals surface area contributed by atoms with Gasteiger partial charge in [-0.25, -0.2) is 0 Å². The highest BCUT2D eigenvalue weighted by Crippen LogP contribution is 2.27. The Hall–Kier alpha value is -0.660. The molecular formula is C24H46O2. The van der Waals surface area contributed by atoms with Gasteiger partial charge in [-0.3, -0.25) is 9.59 Å². The maximum absolute atomic E-state index is 12.5. The molecule has 0 unspecified atom stereocenters. The highest BCUT2D eigenvalue weighted by Gasteiger charge is 2.27. The first kappa shape index (κ1) is 25.3. The van der Waals surface area contributed by atoms with Crippen LogP contribution in [0, 0.1) is 5.41 Å². The Kier molecular flexibility index (Phi) is 16.1. The standard InChI is InChI=1S/C24H46O2/c1-5-7-9-11-13-15-17-19-23(26)24(3,4)21-20-22(25)18-16-14-12-10-8-6-2/h5-21H2,1-4H3. The van der Waals surface area contributed by atoms with Crippen molar-refractivity contribution in [3.8, 4) is 0 Å². The zero-order valence-corrected chi connectivity index (χ0v) is 18.3. The molecule has 0 N–H and O–H groups in total. The average Bonchev–Trinajstić information content (AvgIpc) is 2.62. The maximum atomic E-state index is 12.5. The normalized spacial score (nSPS) is 11.7. The molecule has 0 radical (unpaired) electrons. The van der Waals surface area contributed by atoms with Gasteiger partial charge in [0, 0.05) is 24.7 Å². The zero-order chi connectivity index (χ0) is 19.7. The van der Waals surface area contributed by atoms with Crippen LogP contribution in [-0.2, 0) is 9.59 Å². The molecular weight excluding hydrogens is 320 g/mol. The number of Topliss-reactive ketones (excluding diaryl/α,β-unsaturated/α-hetero) is 2. The van der Waals surface area contributed by atoms with Crippen molar-refractivity contribution in [3.63, 3.8) is 0 Å². The van der Waals surface area contributed by atoms with Crippen molar-refractivity contribution in [2.75, 3.05) is 0 Å². The third-order valence-corrected chi connectivity index (χ3v) is 5.60. The summed E-state index contributed by atoms with van der Waals surface area (Å²) in [7, 11) is 0. The van der Waals surface area contributed by atoms with Crippen LogP contribution in [0.3, 0.4) is 0 Å². The number of hydrogen-bond donors (Lipinski definition) is 0. The Morgan fingerprint density at radius 3 is 1.50 bits per heavy atom. The number of unbranched alkanes of at least 4 members (excludes halogenated alkanes) is 11. The molecule has 0 saturated carbocycles. The van der Waals surface area contributed by atoms with Crippen molar-refractivity contribution in [2.24, 2.45) is 5.41 Å². The van der Waals surface area contributed by atoms with E-state index >= 15 is 0 Å². The molecule has 0 aliphatic carbocycles. The highest BCUT2D eigenvalue weighted by molar-refractivity contribution is 5.85. The lowest BCUT2D eigenvalue weighted by Crippen LogP contribution is -2.25. The molecule has 2 nitrogen and oxygen atoms in total. The van der Waals surface area contributed by atoms with Crippen LogP contribution in [0.1, 0.15) is 137 Å². The summed E-state index contributed by atoms with van der Waals surface area (Å²) in [6.45, 7) is 8.50. The fourth-order valence-corrected chi connectivity index (χ4v) is 3.40. The second kappa shape index (κ2) is 16.5. The molecule has 0 fully saturated rings. The summed E-state index contributed by atoms with van der Waals surface area (Å²) in [5.74, 6) is 0.690. The molecule has 0 amide bonds. The molecule has 0 aromatic carbocycles. The van der Waals surface area contributed by atoms with E-state index in [4.69, 9.17) is 0 Å². The molecule has 0 heterocycles. The van der Waals surface area contributed by atoms with E-state index in [1.165, 1.54) is 70.6 Å². The van der Waals surface area contributed by atoms with E-state index in [1.54, 1.807) is 0 Å². The molecule has 0 aliphatic heterocycles. The van der Waals surface area contributed by atoms with E-state index < -0.39 is 0 Å². The molecule has 2 heteroatoms. The Labute approximate surface area is 163 Å². The smallest absolute Gasteiger partial charge is 0.138 e. The largest absolute Gasteiger partial charge is 0.300 e. The van der Waals surface area contributed by atoms with Gasteiger partial charge < -0.3 is 0 Å². The number of carbonyl (C=O) groups excluding carboxylic acids is 2. The predicted molar refractivity (Wildman–Crippen MR) is 114 cm³/mol. The van der Waals surface area contributed by atoms with Crippen LogP contribution in [-0.4, -0.2) is 11.6 Å². The van der Waals surface area contributed by atoms with Gasteiger partial charge in [0.1, 0.15) is 11.6 Å². The van der Waals surface area contributed by atoms with Crippen LogP contribution in [0.15, 0.2) is 0 Å². The molecule has 0 atom stereocenters. The second-order valence-electron chi connectivity index (χ2n) is 8.73. The first-order valence-corrected chi connectivity index (χ1v) is 11.5. The minimum atomic E-state index is -0.334. The van der Waals surface area contributed by atoms with E-state index in [0.29, 0.717) is 30.8 Å². The Morgan fingerprint density at radius 2 is 1.00 bits per heavy atom. The van der Waals surface area contributed by atoms with Crippen molar-refractivity contribution < 1.29 is 9.59 Å². The summed E-state index contributed by atoms with van der Waals surface area (Å²) in [4.78, 5) is 24.5. The second-order valence-corrected chi connectivity index (χ2v) is 8.73. The first-order chi connectivity index (χ1) is 12.4. The van der Waals surface area contributed by atoms with E-state index in [1.807, 2.05) is 13.8 Å². The van der Waals surface area contributed by atoms with Crippen LogP contribution >= 0.6 is 0 Å². The summed E-state index contributed by atoms with van der Waals surface area (Å²) < 4.78 is 0. The van der Waals surface area contributed by atoms with Gasteiger partial charge in [0.25, 0.3) is 0 Å². The first-order valence-electron chi connectivity index (χ1n) is 11.5. The molecule has 26 heavy (non-hydrogen) atoms. The number of ketones is 2. The van der Waals surface area contributed by atoms with Gasteiger partial charge in [-0.2, -0.15) is 0 Å².